The summed E-state index contributed by atoms with van der Waals surface area (Å²) < 4.78 is 16.2. The summed E-state index contributed by atoms with van der Waals surface area (Å²) >= 11 is 3.32. The Hall–Kier alpha value is -3.26. The molecule has 0 spiro atoms. The summed E-state index contributed by atoms with van der Waals surface area (Å²) in [6.45, 7) is 0.912. The van der Waals surface area contributed by atoms with E-state index in [4.69, 9.17) is 0 Å². The van der Waals surface area contributed by atoms with Gasteiger partial charge in [-0.05, 0) is 35.4 Å². The van der Waals surface area contributed by atoms with Gasteiger partial charge in [0.2, 0.25) is 12.1 Å². The summed E-state index contributed by atoms with van der Waals surface area (Å²) in [4.78, 5) is 30.1. The molecule has 6 nitrogen and oxygen atoms in total. The van der Waals surface area contributed by atoms with E-state index >= 15 is 0 Å². The third-order valence-electron chi connectivity index (χ3n) is 5.24. The van der Waals surface area contributed by atoms with Crippen molar-refractivity contribution >= 4 is 33.4 Å². The Balaban J connectivity index is 1.72. The van der Waals surface area contributed by atoms with Crippen molar-refractivity contribution < 1.29 is 23.7 Å². The van der Waals surface area contributed by atoms with Gasteiger partial charge in [0.05, 0.1) is 12.6 Å². The molecule has 4 rings (SSSR count). The van der Waals surface area contributed by atoms with Crippen LogP contribution in [0.15, 0.2) is 77.3 Å². The molecule has 8 heteroatoms. The Bertz CT molecular complexity index is 1130. The number of benzene rings is 2. The fourth-order valence-electron chi connectivity index (χ4n) is 3.73. The molecular weight excluding hydrogens is 465 g/mol. The van der Waals surface area contributed by atoms with E-state index < -0.39 is 29.3 Å². The van der Waals surface area contributed by atoms with E-state index in [9.17, 15) is 19.1 Å². The van der Waals surface area contributed by atoms with Gasteiger partial charge in [-0.15, -0.1) is 0 Å². The third kappa shape index (κ3) is 4.29. The molecular formula is C23H19BrFN3O3. The second kappa shape index (κ2) is 8.85. The molecule has 1 unspecified atom stereocenters. The van der Waals surface area contributed by atoms with Crippen LogP contribution in [0.5, 0.6) is 0 Å². The molecule has 0 radical (unpaired) electrons. The molecule has 1 aliphatic heterocycles. The highest BCUT2D eigenvalue weighted by Crippen LogP contribution is 2.38. The highest BCUT2D eigenvalue weighted by Gasteiger charge is 2.43. The number of likely N-dealkylation sites (tertiary alicyclic amines) is 1. The molecule has 0 aliphatic carbocycles. The number of aryl methyl sites for hydroxylation is 1. The second-order valence-corrected chi connectivity index (χ2v) is 8.15. The monoisotopic (exact) mass is 483 g/mol. The number of ketones is 1. The normalized spacial score (nSPS) is 18.0. The minimum absolute atomic E-state index is 0.103. The molecule has 3 aromatic rings. The SMILES string of the molecule is O=C1C(=O)N(CCC[n+]2cc[nH]c2)C(c2ccc(F)cc2)/C1=C(\[O-])c1ccc(Br)cc1. The van der Waals surface area contributed by atoms with Gasteiger partial charge in [-0.3, -0.25) is 14.6 Å². The van der Waals surface area contributed by atoms with Crippen LogP contribution < -0.4 is 9.67 Å². The molecule has 2 heterocycles. The molecule has 1 aromatic heterocycles. The smallest absolute Gasteiger partial charge is 0.295 e. The Morgan fingerprint density at radius 2 is 1.84 bits per heavy atom. The Labute approximate surface area is 186 Å². The molecule has 0 bridgehead atoms. The average molecular weight is 484 g/mol. The van der Waals surface area contributed by atoms with Crippen molar-refractivity contribution in [1.29, 1.82) is 0 Å². The first-order valence-corrected chi connectivity index (χ1v) is 10.5. The van der Waals surface area contributed by atoms with Crippen molar-refractivity contribution in [2.45, 2.75) is 19.0 Å². The number of aromatic nitrogens is 2. The van der Waals surface area contributed by atoms with Crippen molar-refractivity contribution in [2.24, 2.45) is 0 Å². The van der Waals surface area contributed by atoms with Gasteiger partial charge in [-0.1, -0.05) is 46.0 Å². The molecule has 1 fully saturated rings. The fourth-order valence-corrected chi connectivity index (χ4v) is 4.00. The van der Waals surface area contributed by atoms with Crippen molar-refractivity contribution in [3.63, 3.8) is 0 Å². The van der Waals surface area contributed by atoms with E-state index in [0.29, 0.717) is 24.1 Å². The van der Waals surface area contributed by atoms with Gasteiger partial charge in [0, 0.05) is 23.0 Å². The zero-order chi connectivity index (χ0) is 22.0. The Morgan fingerprint density at radius 3 is 2.48 bits per heavy atom. The minimum atomic E-state index is -0.854. The standard InChI is InChI=1S/C23H19BrFN3O3/c24-17-6-2-16(3-7-17)21(29)19-20(15-4-8-18(25)9-5-15)28(23(31)22(19)30)12-1-11-27-13-10-26-14-27/h2-10,13-14,20H,1,11-12H2,(H,29,30). The summed E-state index contributed by atoms with van der Waals surface area (Å²) in [5.74, 6) is -2.45. The van der Waals surface area contributed by atoms with Gasteiger partial charge >= 0.3 is 0 Å². The van der Waals surface area contributed by atoms with Crippen LogP contribution in [0.25, 0.3) is 5.76 Å². The number of hydrogen-bond donors (Lipinski definition) is 1. The van der Waals surface area contributed by atoms with Crippen LogP contribution in [0, 0.1) is 5.82 Å². The largest absolute Gasteiger partial charge is 0.872 e. The number of aromatic amines is 1. The maximum atomic E-state index is 13.5. The predicted octanol–water partition coefficient (Wildman–Crippen LogP) is 2.52. The van der Waals surface area contributed by atoms with Crippen molar-refractivity contribution in [3.8, 4) is 0 Å². The Morgan fingerprint density at radius 1 is 1.13 bits per heavy atom. The zero-order valence-corrected chi connectivity index (χ0v) is 18.0. The van der Waals surface area contributed by atoms with E-state index in [0.717, 1.165) is 4.47 Å². The van der Waals surface area contributed by atoms with Crippen molar-refractivity contribution in [1.82, 2.24) is 9.88 Å². The third-order valence-corrected chi connectivity index (χ3v) is 5.77. The zero-order valence-electron chi connectivity index (χ0n) is 16.4. The van der Waals surface area contributed by atoms with E-state index in [2.05, 4.69) is 20.9 Å². The van der Waals surface area contributed by atoms with Gasteiger partial charge in [-0.25, -0.2) is 8.96 Å². The number of Topliss-reactive ketones (excluding diaryl/α,β-unsaturated/α-hetero) is 1. The first-order valence-electron chi connectivity index (χ1n) is 9.75. The summed E-state index contributed by atoms with van der Waals surface area (Å²) in [6, 6.07) is 11.3. The molecule has 1 amide bonds. The lowest BCUT2D eigenvalue weighted by atomic mass is 9.95. The molecule has 1 saturated heterocycles. The van der Waals surface area contributed by atoms with E-state index in [-0.39, 0.29) is 12.1 Å². The number of amides is 1. The highest BCUT2D eigenvalue weighted by molar-refractivity contribution is 9.10. The van der Waals surface area contributed by atoms with Crippen LogP contribution >= 0.6 is 15.9 Å². The second-order valence-electron chi connectivity index (χ2n) is 7.23. The van der Waals surface area contributed by atoms with E-state index in [1.54, 1.807) is 36.8 Å². The molecule has 158 valence electrons. The summed E-state index contributed by atoms with van der Waals surface area (Å²) in [5.41, 5.74) is 0.736. The van der Waals surface area contributed by atoms with Crippen LogP contribution in [0.4, 0.5) is 4.39 Å². The first kappa shape index (κ1) is 21.0. The lowest BCUT2D eigenvalue weighted by Gasteiger charge is -2.27. The van der Waals surface area contributed by atoms with Crippen LogP contribution in [-0.4, -0.2) is 28.1 Å². The maximum Gasteiger partial charge on any atom is 0.295 e. The van der Waals surface area contributed by atoms with Crippen LogP contribution in [0.1, 0.15) is 23.6 Å². The number of H-pyrrole nitrogens is 1. The van der Waals surface area contributed by atoms with Gasteiger partial charge in [0.25, 0.3) is 5.91 Å². The number of halogens is 2. The maximum absolute atomic E-state index is 13.5. The number of hydrogen-bond acceptors (Lipinski definition) is 3. The number of imidazole rings is 1. The van der Waals surface area contributed by atoms with Crippen LogP contribution in [0.3, 0.4) is 0 Å². The van der Waals surface area contributed by atoms with Crippen molar-refractivity contribution in [3.05, 3.63) is 94.2 Å². The quantitative estimate of drug-likeness (QED) is 0.253. The highest BCUT2D eigenvalue weighted by atomic mass is 79.9. The number of nitrogens with zero attached hydrogens (tertiary/aromatic N) is 2. The minimum Gasteiger partial charge on any atom is -0.872 e. The molecule has 1 aliphatic rings. The molecule has 0 saturated carbocycles. The summed E-state index contributed by atoms with van der Waals surface area (Å²) in [5, 5.41) is 13.2. The van der Waals surface area contributed by atoms with Gasteiger partial charge in [-0.2, -0.15) is 0 Å². The molecule has 2 aromatic carbocycles. The predicted molar refractivity (Wildman–Crippen MR) is 113 cm³/mol. The summed E-state index contributed by atoms with van der Waals surface area (Å²) in [7, 11) is 0. The number of carbonyl (C=O) groups excluding carboxylic acids is 2. The molecule has 1 N–H and O–H groups in total. The van der Waals surface area contributed by atoms with E-state index in [1.807, 2.05) is 10.8 Å². The molecule has 31 heavy (non-hydrogen) atoms. The van der Waals surface area contributed by atoms with Crippen molar-refractivity contribution in [2.75, 3.05) is 6.54 Å². The topological polar surface area (TPSA) is 80.1 Å². The van der Waals surface area contributed by atoms with Gasteiger partial charge in [0.15, 0.2) is 0 Å². The number of carbonyl (C=O) groups is 2. The average Bonchev–Trinajstić information content (AvgIpc) is 3.37. The summed E-state index contributed by atoms with van der Waals surface area (Å²) in [6.07, 6.45) is 6.03. The Kier molecular flexibility index (Phi) is 5.99. The van der Waals surface area contributed by atoms with E-state index in [1.165, 1.54) is 29.2 Å². The lowest BCUT2D eigenvalue weighted by molar-refractivity contribution is -0.695. The first-order chi connectivity index (χ1) is 15.0. The van der Waals surface area contributed by atoms with Gasteiger partial charge in [0.1, 0.15) is 18.2 Å². The number of nitrogens with one attached hydrogen (secondary N) is 1. The van der Waals surface area contributed by atoms with Crippen LogP contribution in [-0.2, 0) is 16.1 Å². The lowest BCUT2D eigenvalue weighted by Crippen LogP contribution is -2.36. The fraction of sp³-hybridized carbons (Fsp3) is 0.174. The van der Waals surface area contributed by atoms with Gasteiger partial charge < -0.3 is 10.0 Å². The molecule has 1 atom stereocenters. The van der Waals surface area contributed by atoms with Crippen LogP contribution in [0.2, 0.25) is 0 Å². The number of rotatable bonds is 6.